The maximum absolute atomic E-state index is 9.67. The van der Waals surface area contributed by atoms with Crippen molar-refractivity contribution < 1.29 is 5.11 Å². The van der Waals surface area contributed by atoms with Crippen LogP contribution in [-0.2, 0) is 0 Å². The lowest BCUT2D eigenvalue weighted by Crippen LogP contribution is -2.30. The van der Waals surface area contributed by atoms with Gasteiger partial charge >= 0.3 is 0 Å². The fraction of sp³-hybridized carbons (Fsp3) is 1.00. The molecule has 0 aliphatic heterocycles. The van der Waals surface area contributed by atoms with Gasteiger partial charge in [-0.15, -0.1) is 11.6 Å². The summed E-state index contributed by atoms with van der Waals surface area (Å²) in [4.78, 5) is 0. The monoisotopic (exact) mass is 192 g/mol. The molecular weight excluding hydrogens is 172 g/mol. The first-order valence-corrected chi connectivity index (χ1v) is 5.15. The summed E-state index contributed by atoms with van der Waals surface area (Å²) in [6.45, 7) is 8.05. The van der Waals surface area contributed by atoms with Crippen molar-refractivity contribution in [2.75, 3.05) is 5.88 Å². The molecule has 0 saturated carbocycles. The molecule has 0 spiro atoms. The van der Waals surface area contributed by atoms with Gasteiger partial charge < -0.3 is 5.11 Å². The quantitative estimate of drug-likeness (QED) is 0.664. The summed E-state index contributed by atoms with van der Waals surface area (Å²) >= 11 is 5.71. The van der Waals surface area contributed by atoms with Crippen molar-refractivity contribution in [3.05, 3.63) is 0 Å². The highest BCUT2D eigenvalue weighted by Gasteiger charge is 2.28. The van der Waals surface area contributed by atoms with Gasteiger partial charge in [-0.1, -0.05) is 20.3 Å². The van der Waals surface area contributed by atoms with Gasteiger partial charge in [-0.2, -0.15) is 0 Å². The number of rotatable bonds is 5. The molecule has 1 atom stereocenters. The lowest BCUT2D eigenvalue weighted by molar-refractivity contribution is 0.0238. The maximum Gasteiger partial charge on any atom is 0.0597 e. The summed E-state index contributed by atoms with van der Waals surface area (Å²) in [5.74, 6) is 0.681. The van der Waals surface area contributed by atoms with E-state index < -0.39 is 5.60 Å². The van der Waals surface area contributed by atoms with Crippen LogP contribution in [0, 0.1) is 5.41 Å². The molecular formula is C10H21ClO. The van der Waals surface area contributed by atoms with Crippen molar-refractivity contribution >= 4 is 11.6 Å². The summed E-state index contributed by atoms with van der Waals surface area (Å²) < 4.78 is 0. The second kappa shape index (κ2) is 4.48. The van der Waals surface area contributed by atoms with Gasteiger partial charge in [-0.05, 0) is 32.1 Å². The molecule has 0 aliphatic rings. The molecule has 0 bridgehead atoms. The van der Waals surface area contributed by atoms with Gasteiger partial charge in [0.15, 0.2) is 0 Å². The smallest absolute Gasteiger partial charge is 0.0597 e. The standard InChI is InChI=1S/C10H21ClO/c1-5-10(4,6-7-11)8-9(2,3)12/h12H,5-8H2,1-4H3/t10-/m0/s1. The van der Waals surface area contributed by atoms with E-state index in [1.165, 1.54) is 0 Å². The van der Waals surface area contributed by atoms with Crippen LogP contribution in [0.3, 0.4) is 0 Å². The van der Waals surface area contributed by atoms with E-state index in [0.717, 1.165) is 19.3 Å². The van der Waals surface area contributed by atoms with Crippen LogP contribution in [0.4, 0.5) is 0 Å². The lowest BCUT2D eigenvalue weighted by atomic mass is 9.76. The number of hydrogen-bond acceptors (Lipinski definition) is 1. The molecule has 0 aromatic carbocycles. The summed E-state index contributed by atoms with van der Waals surface area (Å²) in [6, 6.07) is 0. The fourth-order valence-electron chi connectivity index (χ4n) is 1.66. The topological polar surface area (TPSA) is 20.2 Å². The van der Waals surface area contributed by atoms with E-state index in [-0.39, 0.29) is 5.41 Å². The van der Waals surface area contributed by atoms with Crippen molar-refractivity contribution in [2.45, 2.75) is 52.6 Å². The molecule has 0 fully saturated rings. The molecule has 0 rings (SSSR count). The minimum Gasteiger partial charge on any atom is -0.390 e. The first-order chi connectivity index (χ1) is 5.33. The molecule has 0 saturated heterocycles. The minimum atomic E-state index is -0.573. The third-order valence-corrected chi connectivity index (χ3v) is 2.60. The number of halogens is 1. The lowest BCUT2D eigenvalue weighted by Gasteiger charge is -2.33. The molecule has 0 aromatic rings. The van der Waals surface area contributed by atoms with Crippen molar-refractivity contribution in [3.63, 3.8) is 0 Å². The average molecular weight is 193 g/mol. The van der Waals surface area contributed by atoms with E-state index in [0.29, 0.717) is 5.88 Å². The second-order valence-electron chi connectivity index (χ2n) is 4.59. The average Bonchev–Trinajstić information content (AvgIpc) is 1.84. The molecule has 0 amide bonds. The molecule has 2 heteroatoms. The number of aliphatic hydroxyl groups is 1. The van der Waals surface area contributed by atoms with Crippen molar-refractivity contribution in [1.82, 2.24) is 0 Å². The van der Waals surface area contributed by atoms with Crippen LogP contribution in [0.1, 0.15) is 47.0 Å². The normalized spacial score (nSPS) is 17.5. The van der Waals surface area contributed by atoms with Gasteiger partial charge in [-0.3, -0.25) is 0 Å². The van der Waals surface area contributed by atoms with Crippen LogP contribution in [0.25, 0.3) is 0 Å². The van der Waals surface area contributed by atoms with Gasteiger partial charge in [0.2, 0.25) is 0 Å². The van der Waals surface area contributed by atoms with E-state index in [1.807, 2.05) is 13.8 Å². The van der Waals surface area contributed by atoms with Crippen LogP contribution in [0.5, 0.6) is 0 Å². The van der Waals surface area contributed by atoms with Crippen LogP contribution in [0.2, 0.25) is 0 Å². The zero-order valence-electron chi connectivity index (χ0n) is 8.65. The molecule has 0 radical (unpaired) electrons. The van der Waals surface area contributed by atoms with Crippen molar-refractivity contribution in [3.8, 4) is 0 Å². The Bertz CT molecular complexity index is 128. The first-order valence-electron chi connectivity index (χ1n) is 4.61. The number of hydrogen-bond donors (Lipinski definition) is 1. The Balaban J connectivity index is 4.14. The predicted octanol–water partition coefficient (Wildman–Crippen LogP) is 3.19. The van der Waals surface area contributed by atoms with E-state index in [2.05, 4.69) is 13.8 Å². The Labute approximate surface area is 81.1 Å². The van der Waals surface area contributed by atoms with E-state index in [9.17, 15) is 5.11 Å². The van der Waals surface area contributed by atoms with Gasteiger partial charge in [0.25, 0.3) is 0 Å². The molecule has 0 aliphatic carbocycles. The van der Waals surface area contributed by atoms with Gasteiger partial charge in [-0.25, -0.2) is 0 Å². The third-order valence-electron chi connectivity index (χ3n) is 2.41. The third kappa shape index (κ3) is 5.00. The van der Waals surface area contributed by atoms with Crippen LogP contribution in [0.15, 0.2) is 0 Å². The molecule has 74 valence electrons. The van der Waals surface area contributed by atoms with E-state index in [4.69, 9.17) is 11.6 Å². The highest BCUT2D eigenvalue weighted by atomic mass is 35.5. The van der Waals surface area contributed by atoms with Crippen molar-refractivity contribution in [2.24, 2.45) is 5.41 Å². The molecule has 0 aromatic heterocycles. The summed E-state index contributed by atoms with van der Waals surface area (Å²) in [7, 11) is 0. The van der Waals surface area contributed by atoms with E-state index >= 15 is 0 Å². The molecule has 1 nitrogen and oxygen atoms in total. The highest BCUT2D eigenvalue weighted by Crippen LogP contribution is 2.35. The first kappa shape index (κ1) is 12.2. The summed E-state index contributed by atoms with van der Waals surface area (Å²) in [6.07, 6.45) is 2.88. The largest absolute Gasteiger partial charge is 0.390 e. The van der Waals surface area contributed by atoms with Gasteiger partial charge in [0.1, 0.15) is 0 Å². The van der Waals surface area contributed by atoms with Gasteiger partial charge in [0, 0.05) is 5.88 Å². The Morgan fingerprint density at radius 1 is 1.25 bits per heavy atom. The second-order valence-corrected chi connectivity index (χ2v) is 4.97. The molecule has 1 N–H and O–H groups in total. The maximum atomic E-state index is 9.67. The molecule has 0 heterocycles. The highest BCUT2D eigenvalue weighted by molar-refractivity contribution is 6.17. The molecule has 12 heavy (non-hydrogen) atoms. The fourth-order valence-corrected chi connectivity index (χ4v) is 2.12. The molecule has 0 unspecified atom stereocenters. The Morgan fingerprint density at radius 2 is 1.75 bits per heavy atom. The summed E-state index contributed by atoms with van der Waals surface area (Å²) in [5.41, 5.74) is -0.378. The Hall–Kier alpha value is 0.250. The Kier molecular flexibility index (Phi) is 4.57. The van der Waals surface area contributed by atoms with Crippen LogP contribution < -0.4 is 0 Å². The predicted molar refractivity (Wildman–Crippen MR) is 54.6 cm³/mol. The zero-order valence-corrected chi connectivity index (χ0v) is 9.41. The minimum absolute atomic E-state index is 0.194. The summed E-state index contributed by atoms with van der Waals surface area (Å²) in [5, 5.41) is 9.67. The number of alkyl halides is 1. The van der Waals surface area contributed by atoms with Crippen molar-refractivity contribution in [1.29, 1.82) is 0 Å². The van der Waals surface area contributed by atoms with Crippen LogP contribution >= 0.6 is 11.6 Å². The van der Waals surface area contributed by atoms with Crippen LogP contribution in [-0.4, -0.2) is 16.6 Å². The SMILES string of the molecule is CC[C@@](C)(CCCl)CC(C)(C)O. The Morgan fingerprint density at radius 3 is 2.00 bits per heavy atom. The zero-order chi connectivity index (χ0) is 9.83. The van der Waals surface area contributed by atoms with E-state index in [1.54, 1.807) is 0 Å². The van der Waals surface area contributed by atoms with Gasteiger partial charge in [0.05, 0.1) is 5.60 Å².